The molecule has 0 aliphatic carbocycles. The molecule has 1 aromatic carbocycles. The van der Waals surface area contributed by atoms with Crippen molar-refractivity contribution in [2.45, 2.75) is 20.4 Å². The number of hydrogen-bond donors (Lipinski definition) is 1. The molecule has 1 aromatic heterocycles. The zero-order valence-electron chi connectivity index (χ0n) is 12.0. The molecule has 0 unspecified atom stereocenters. The molecule has 20 heavy (non-hydrogen) atoms. The molecule has 0 saturated heterocycles. The molecule has 0 spiro atoms. The number of rotatable bonds is 6. The minimum atomic E-state index is -0.0472. The van der Waals surface area contributed by atoms with E-state index in [2.05, 4.69) is 10.3 Å². The summed E-state index contributed by atoms with van der Waals surface area (Å²) in [7, 11) is 1.62. The predicted octanol–water partition coefficient (Wildman–Crippen LogP) is 1.58. The third-order valence-corrected chi connectivity index (χ3v) is 2.90. The van der Waals surface area contributed by atoms with Crippen LogP contribution in [0.15, 0.2) is 18.2 Å². The van der Waals surface area contributed by atoms with Gasteiger partial charge >= 0.3 is 0 Å². The van der Waals surface area contributed by atoms with Gasteiger partial charge in [-0.2, -0.15) is 4.98 Å². The number of amides is 1. The van der Waals surface area contributed by atoms with Crippen LogP contribution in [0.5, 0.6) is 11.8 Å². The highest BCUT2D eigenvalue weighted by molar-refractivity contribution is 5.78. The fourth-order valence-electron chi connectivity index (χ4n) is 2.01. The summed E-state index contributed by atoms with van der Waals surface area (Å²) in [4.78, 5) is 15.4. The van der Waals surface area contributed by atoms with Crippen molar-refractivity contribution < 1.29 is 14.3 Å². The lowest BCUT2D eigenvalue weighted by molar-refractivity contribution is -0.118. The van der Waals surface area contributed by atoms with Gasteiger partial charge in [-0.25, -0.2) is 0 Å². The molecule has 0 atom stereocenters. The van der Waals surface area contributed by atoms with Crippen molar-refractivity contribution in [2.24, 2.45) is 0 Å². The van der Waals surface area contributed by atoms with Gasteiger partial charge in [0.1, 0.15) is 5.75 Å². The van der Waals surface area contributed by atoms with Crippen LogP contribution in [0, 0.1) is 0 Å². The van der Waals surface area contributed by atoms with Crippen molar-refractivity contribution in [1.82, 2.24) is 14.9 Å². The Morgan fingerprint density at radius 1 is 1.45 bits per heavy atom. The van der Waals surface area contributed by atoms with Gasteiger partial charge < -0.3 is 14.8 Å². The molecule has 108 valence electrons. The van der Waals surface area contributed by atoms with Crippen LogP contribution >= 0.6 is 0 Å². The van der Waals surface area contributed by atoms with Crippen molar-refractivity contribution in [3.63, 3.8) is 0 Å². The van der Waals surface area contributed by atoms with Gasteiger partial charge in [0.2, 0.25) is 5.91 Å². The van der Waals surface area contributed by atoms with Crippen LogP contribution < -0.4 is 14.8 Å². The average Bonchev–Trinajstić information content (AvgIpc) is 2.76. The van der Waals surface area contributed by atoms with Crippen LogP contribution in [0.4, 0.5) is 0 Å². The Morgan fingerprint density at radius 3 is 2.90 bits per heavy atom. The second-order valence-corrected chi connectivity index (χ2v) is 4.32. The van der Waals surface area contributed by atoms with E-state index < -0.39 is 0 Å². The van der Waals surface area contributed by atoms with Crippen molar-refractivity contribution >= 4 is 16.9 Å². The van der Waals surface area contributed by atoms with Gasteiger partial charge in [-0.3, -0.25) is 9.36 Å². The highest BCUT2D eigenvalue weighted by Gasteiger charge is 2.12. The van der Waals surface area contributed by atoms with Gasteiger partial charge in [0, 0.05) is 26.1 Å². The molecule has 1 amide bonds. The Morgan fingerprint density at radius 2 is 2.25 bits per heavy atom. The summed E-state index contributed by atoms with van der Waals surface area (Å²) in [6, 6.07) is 6.25. The van der Waals surface area contributed by atoms with Crippen LogP contribution in [0.3, 0.4) is 0 Å². The number of benzene rings is 1. The molecule has 0 bridgehead atoms. The molecular formula is C14H19N3O3. The lowest BCUT2D eigenvalue weighted by Crippen LogP contribution is -2.24. The first-order valence-electron chi connectivity index (χ1n) is 6.57. The van der Waals surface area contributed by atoms with Crippen molar-refractivity contribution in [2.75, 3.05) is 20.3 Å². The fraction of sp³-hybridized carbons (Fsp3) is 0.429. The Balaban J connectivity index is 2.32. The van der Waals surface area contributed by atoms with Crippen molar-refractivity contribution in [3.05, 3.63) is 18.2 Å². The lowest BCUT2D eigenvalue weighted by atomic mass is 10.3. The van der Waals surface area contributed by atoms with Crippen LogP contribution in [0.1, 0.15) is 13.8 Å². The van der Waals surface area contributed by atoms with Crippen molar-refractivity contribution in [3.8, 4) is 11.8 Å². The second kappa shape index (κ2) is 6.27. The number of nitrogens with zero attached hydrogens (tertiary/aromatic N) is 2. The van der Waals surface area contributed by atoms with Crippen LogP contribution in [0.2, 0.25) is 0 Å². The number of carbonyl (C=O) groups is 1. The average molecular weight is 277 g/mol. The van der Waals surface area contributed by atoms with Crippen LogP contribution in [-0.2, 0) is 11.3 Å². The zero-order valence-corrected chi connectivity index (χ0v) is 12.0. The van der Waals surface area contributed by atoms with E-state index in [4.69, 9.17) is 9.47 Å². The van der Waals surface area contributed by atoms with Crippen LogP contribution in [-0.4, -0.2) is 35.7 Å². The van der Waals surface area contributed by atoms with E-state index in [0.29, 0.717) is 25.7 Å². The lowest BCUT2D eigenvalue weighted by Gasteiger charge is -2.09. The number of carbonyl (C=O) groups excluding carboxylic acids is 1. The van der Waals surface area contributed by atoms with Gasteiger partial charge in [0.05, 0.1) is 24.8 Å². The maximum Gasteiger partial charge on any atom is 0.297 e. The number of nitrogens with one attached hydrogen (secondary N) is 1. The Labute approximate surface area is 117 Å². The topological polar surface area (TPSA) is 65.4 Å². The van der Waals surface area contributed by atoms with Crippen LogP contribution in [0.25, 0.3) is 11.0 Å². The molecule has 0 fully saturated rings. The van der Waals surface area contributed by atoms with Gasteiger partial charge in [-0.15, -0.1) is 0 Å². The highest BCUT2D eigenvalue weighted by Crippen LogP contribution is 2.25. The van der Waals surface area contributed by atoms with E-state index in [0.717, 1.165) is 16.8 Å². The number of methoxy groups -OCH3 is 1. The minimum Gasteiger partial charge on any atom is -0.497 e. The van der Waals surface area contributed by atoms with E-state index in [9.17, 15) is 4.79 Å². The summed E-state index contributed by atoms with van der Waals surface area (Å²) in [6.45, 7) is 5.10. The van der Waals surface area contributed by atoms with Gasteiger partial charge in [0.25, 0.3) is 6.01 Å². The van der Waals surface area contributed by atoms with E-state index in [1.165, 1.54) is 6.92 Å². The van der Waals surface area contributed by atoms with Gasteiger partial charge in [-0.1, -0.05) is 0 Å². The first-order valence-corrected chi connectivity index (χ1v) is 6.57. The van der Waals surface area contributed by atoms with Gasteiger partial charge in [-0.05, 0) is 19.1 Å². The number of ether oxygens (including phenoxy) is 2. The molecule has 0 aliphatic rings. The minimum absolute atomic E-state index is 0.0472. The number of fused-ring (bicyclic) bond motifs is 1. The second-order valence-electron chi connectivity index (χ2n) is 4.32. The first kappa shape index (κ1) is 14.2. The van der Waals surface area contributed by atoms with E-state index in [1.54, 1.807) is 7.11 Å². The standard InChI is InChI=1S/C14H19N3O3/c1-4-20-14-16-12-9-11(19-3)5-6-13(12)17(14)8-7-15-10(2)18/h5-6,9H,4,7-8H2,1-3H3,(H,15,18). The molecule has 1 heterocycles. The molecule has 6 heteroatoms. The molecule has 2 rings (SSSR count). The number of hydrogen-bond acceptors (Lipinski definition) is 4. The summed E-state index contributed by atoms with van der Waals surface area (Å²) in [5.41, 5.74) is 1.77. The van der Waals surface area contributed by atoms with Crippen molar-refractivity contribution in [1.29, 1.82) is 0 Å². The molecule has 6 nitrogen and oxygen atoms in total. The largest absolute Gasteiger partial charge is 0.497 e. The Kier molecular flexibility index (Phi) is 4.45. The quantitative estimate of drug-likeness (QED) is 0.870. The van der Waals surface area contributed by atoms with Gasteiger partial charge in [0.15, 0.2) is 0 Å². The number of aromatic nitrogens is 2. The highest BCUT2D eigenvalue weighted by atomic mass is 16.5. The Bertz CT molecular complexity index is 607. The predicted molar refractivity (Wildman–Crippen MR) is 76.1 cm³/mol. The molecular weight excluding hydrogens is 258 g/mol. The summed E-state index contributed by atoms with van der Waals surface area (Å²) >= 11 is 0. The summed E-state index contributed by atoms with van der Waals surface area (Å²) in [6.07, 6.45) is 0. The third kappa shape index (κ3) is 3.01. The maximum absolute atomic E-state index is 10.9. The fourth-order valence-corrected chi connectivity index (χ4v) is 2.01. The smallest absolute Gasteiger partial charge is 0.297 e. The summed E-state index contributed by atoms with van der Waals surface area (Å²) in [5.74, 6) is 0.709. The van der Waals surface area contributed by atoms with E-state index in [-0.39, 0.29) is 5.91 Å². The molecule has 0 aliphatic heterocycles. The first-order chi connectivity index (χ1) is 9.65. The summed E-state index contributed by atoms with van der Waals surface area (Å²) in [5, 5.41) is 2.77. The summed E-state index contributed by atoms with van der Waals surface area (Å²) < 4.78 is 12.7. The third-order valence-electron chi connectivity index (χ3n) is 2.90. The normalized spacial score (nSPS) is 10.6. The SMILES string of the molecule is CCOc1nc2cc(OC)ccc2n1CCNC(C)=O. The Hall–Kier alpha value is -2.24. The molecule has 0 radical (unpaired) electrons. The maximum atomic E-state index is 10.9. The van der Waals surface area contributed by atoms with E-state index in [1.807, 2.05) is 29.7 Å². The zero-order chi connectivity index (χ0) is 14.5. The monoisotopic (exact) mass is 277 g/mol. The van der Waals surface area contributed by atoms with E-state index >= 15 is 0 Å². The molecule has 2 aromatic rings. The molecule has 0 saturated carbocycles. The number of imidazole rings is 1. The molecule has 1 N–H and O–H groups in total.